The van der Waals surface area contributed by atoms with Crippen LogP contribution in [0.3, 0.4) is 0 Å². The molecule has 30 heavy (non-hydrogen) atoms. The number of hydrogen-bond acceptors (Lipinski definition) is 8. The summed E-state index contributed by atoms with van der Waals surface area (Å²) in [6.07, 6.45) is 4.12. The van der Waals surface area contributed by atoms with Crippen LogP contribution in [0.1, 0.15) is 11.1 Å². The molecule has 0 bridgehead atoms. The van der Waals surface area contributed by atoms with E-state index in [1.807, 2.05) is 0 Å². The Labute approximate surface area is 173 Å². The minimum absolute atomic E-state index is 0.0205. The zero-order valence-corrected chi connectivity index (χ0v) is 16.2. The van der Waals surface area contributed by atoms with E-state index in [9.17, 15) is 24.9 Å². The Morgan fingerprint density at radius 2 is 1.43 bits per heavy atom. The quantitative estimate of drug-likeness (QED) is 0.422. The maximum atomic E-state index is 11.7. The molecule has 0 saturated carbocycles. The number of rotatable bonds is 9. The molecule has 2 rings (SSSR count). The number of esters is 2. The third-order valence-electron chi connectivity index (χ3n) is 3.76. The van der Waals surface area contributed by atoms with E-state index in [4.69, 9.17) is 14.2 Å². The highest BCUT2D eigenvalue weighted by Crippen LogP contribution is 2.26. The maximum Gasteiger partial charge on any atom is 0.330 e. The number of phenolic OH excluding ortho intramolecular Hbond substituents is 2. The standard InChI is InChI=1S/C22H22O8/c1-28-20-12-16(4-9-19(20)25)6-11-22(27)30-14-18(24)13-29-21(26)10-5-15-2-7-17(23)8-3-15/h2-12,18,23-25H,13-14H2,1H3/b10-5+,11-6+. The van der Waals surface area contributed by atoms with Gasteiger partial charge in [-0.25, -0.2) is 9.59 Å². The molecule has 0 saturated heterocycles. The molecule has 0 heterocycles. The number of methoxy groups -OCH3 is 1. The van der Waals surface area contributed by atoms with Crippen molar-refractivity contribution >= 4 is 24.1 Å². The molecule has 1 unspecified atom stereocenters. The van der Waals surface area contributed by atoms with Crippen LogP contribution < -0.4 is 4.74 Å². The average Bonchev–Trinajstić information content (AvgIpc) is 2.75. The fourth-order valence-electron chi connectivity index (χ4n) is 2.21. The summed E-state index contributed by atoms with van der Waals surface area (Å²) >= 11 is 0. The summed E-state index contributed by atoms with van der Waals surface area (Å²) in [6, 6.07) is 10.8. The van der Waals surface area contributed by atoms with Gasteiger partial charge in [-0.1, -0.05) is 18.2 Å². The van der Waals surface area contributed by atoms with Crippen LogP contribution in [-0.2, 0) is 19.1 Å². The number of ether oxygens (including phenoxy) is 3. The molecule has 0 aliphatic heterocycles. The average molecular weight is 414 g/mol. The largest absolute Gasteiger partial charge is 0.508 e. The third kappa shape index (κ3) is 7.69. The van der Waals surface area contributed by atoms with Crippen molar-refractivity contribution in [1.82, 2.24) is 0 Å². The van der Waals surface area contributed by atoms with Gasteiger partial charge in [0.25, 0.3) is 0 Å². The SMILES string of the molecule is COc1cc(/C=C/C(=O)OCC(O)COC(=O)/C=C/c2ccc(O)cc2)ccc1O. The van der Waals surface area contributed by atoms with Crippen LogP contribution in [-0.4, -0.2) is 53.7 Å². The van der Waals surface area contributed by atoms with E-state index in [0.717, 1.165) is 6.08 Å². The van der Waals surface area contributed by atoms with E-state index < -0.39 is 18.0 Å². The minimum Gasteiger partial charge on any atom is -0.508 e. The maximum absolute atomic E-state index is 11.7. The molecule has 0 fully saturated rings. The first kappa shape index (κ1) is 22.5. The van der Waals surface area contributed by atoms with E-state index in [2.05, 4.69) is 0 Å². The van der Waals surface area contributed by atoms with E-state index in [1.165, 1.54) is 43.5 Å². The van der Waals surface area contributed by atoms with Gasteiger partial charge in [0.2, 0.25) is 0 Å². The third-order valence-corrected chi connectivity index (χ3v) is 3.76. The summed E-state index contributed by atoms with van der Waals surface area (Å²) in [5.41, 5.74) is 1.30. The summed E-state index contributed by atoms with van der Waals surface area (Å²) in [4.78, 5) is 23.4. The van der Waals surface area contributed by atoms with Crippen LogP contribution in [0.15, 0.2) is 54.6 Å². The molecule has 158 valence electrons. The first-order chi connectivity index (χ1) is 14.4. The summed E-state index contributed by atoms with van der Waals surface area (Å²) < 4.78 is 14.7. The first-order valence-electron chi connectivity index (χ1n) is 8.91. The van der Waals surface area contributed by atoms with Crippen LogP contribution in [0.5, 0.6) is 17.2 Å². The predicted molar refractivity (Wildman–Crippen MR) is 109 cm³/mol. The Bertz CT molecular complexity index is 915. The van der Waals surface area contributed by atoms with Crippen molar-refractivity contribution < 1.29 is 39.1 Å². The Hall–Kier alpha value is -3.78. The van der Waals surface area contributed by atoms with E-state index in [-0.39, 0.29) is 30.5 Å². The highest BCUT2D eigenvalue weighted by atomic mass is 16.6. The monoisotopic (exact) mass is 414 g/mol. The van der Waals surface area contributed by atoms with Gasteiger partial charge in [-0.3, -0.25) is 0 Å². The minimum atomic E-state index is -1.18. The van der Waals surface area contributed by atoms with Gasteiger partial charge in [0.05, 0.1) is 7.11 Å². The molecule has 0 aliphatic carbocycles. The highest BCUT2D eigenvalue weighted by Gasteiger charge is 2.10. The van der Waals surface area contributed by atoms with Gasteiger partial charge in [-0.2, -0.15) is 0 Å². The number of hydrogen-bond donors (Lipinski definition) is 3. The van der Waals surface area contributed by atoms with Crippen LogP contribution in [0.4, 0.5) is 0 Å². The number of carbonyl (C=O) groups is 2. The van der Waals surface area contributed by atoms with Gasteiger partial charge in [0.15, 0.2) is 11.5 Å². The van der Waals surface area contributed by atoms with E-state index >= 15 is 0 Å². The van der Waals surface area contributed by atoms with Crippen molar-refractivity contribution in [2.75, 3.05) is 20.3 Å². The molecule has 0 radical (unpaired) electrons. The summed E-state index contributed by atoms with van der Waals surface area (Å²) in [5.74, 6) is -1.01. The van der Waals surface area contributed by atoms with Crippen LogP contribution in [0.2, 0.25) is 0 Å². The lowest BCUT2D eigenvalue weighted by atomic mass is 10.2. The topological polar surface area (TPSA) is 123 Å². The number of phenols is 2. The van der Waals surface area contributed by atoms with Gasteiger partial charge in [0, 0.05) is 12.2 Å². The van der Waals surface area contributed by atoms with Crippen LogP contribution >= 0.6 is 0 Å². The van der Waals surface area contributed by atoms with Crippen molar-refractivity contribution in [2.45, 2.75) is 6.10 Å². The molecule has 2 aromatic carbocycles. The lowest BCUT2D eigenvalue weighted by Gasteiger charge is -2.10. The molecule has 0 aliphatic rings. The molecule has 0 spiro atoms. The first-order valence-corrected chi connectivity index (χ1v) is 8.91. The second kappa shape index (κ2) is 11.3. The molecule has 8 heteroatoms. The molecule has 3 N–H and O–H groups in total. The van der Waals surface area contributed by atoms with Crippen molar-refractivity contribution in [1.29, 1.82) is 0 Å². The summed E-state index contributed by atoms with van der Waals surface area (Å²) in [5, 5.41) is 28.5. The fraction of sp³-hybridized carbons (Fsp3) is 0.182. The molecular formula is C22H22O8. The Kier molecular flexibility index (Phi) is 8.46. The van der Waals surface area contributed by atoms with Crippen molar-refractivity contribution in [2.24, 2.45) is 0 Å². The second-order valence-electron chi connectivity index (χ2n) is 6.10. The normalized spacial score (nSPS) is 12.1. The smallest absolute Gasteiger partial charge is 0.330 e. The fourth-order valence-corrected chi connectivity index (χ4v) is 2.21. The zero-order chi connectivity index (χ0) is 21.9. The Morgan fingerprint density at radius 3 is 2.00 bits per heavy atom. The summed E-state index contributed by atoms with van der Waals surface area (Å²) in [6.45, 7) is -0.693. The van der Waals surface area contributed by atoms with Crippen molar-refractivity contribution in [3.63, 3.8) is 0 Å². The lowest BCUT2D eigenvalue weighted by molar-refractivity contribution is -0.146. The molecular weight excluding hydrogens is 392 g/mol. The van der Waals surface area contributed by atoms with E-state index in [1.54, 1.807) is 24.3 Å². The lowest BCUT2D eigenvalue weighted by Crippen LogP contribution is -2.24. The summed E-state index contributed by atoms with van der Waals surface area (Å²) in [7, 11) is 1.41. The highest BCUT2D eigenvalue weighted by molar-refractivity contribution is 5.87. The Morgan fingerprint density at radius 1 is 0.900 bits per heavy atom. The number of aliphatic hydroxyl groups excluding tert-OH is 1. The van der Waals surface area contributed by atoms with Crippen LogP contribution in [0, 0.1) is 0 Å². The van der Waals surface area contributed by atoms with Gasteiger partial charge in [0.1, 0.15) is 25.1 Å². The molecule has 0 aromatic heterocycles. The van der Waals surface area contributed by atoms with Crippen molar-refractivity contribution in [3.8, 4) is 17.2 Å². The van der Waals surface area contributed by atoms with Gasteiger partial charge < -0.3 is 29.5 Å². The number of carbonyl (C=O) groups excluding carboxylic acids is 2. The molecule has 0 amide bonds. The van der Waals surface area contributed by atoms with Gasteiger partial charge >= 0.3 is 11.9 Å². The molecule has 2 aromatic rings. The van der Waals surface area contributed by atoms with E-state index in [0.29, 0.717) is 11.1 Å². The molecule has 8 nitrogen and oxygen atoms in total. The van der Waals surface area contributed by atoms with Gasteiger partial charge in [-0.05, 0) is 47.5 Å². The zero-order valence-electron chi connectivity index (χ0n) is 16.2. The van der Waals surface area contributed by atoms with Gasteiger partial charge in [-0.15, -0.1) is 0 Å². The number of benzene rings is 2. The molecule has 1 atom stereocenters. The number of aromatic hydroxyl groups is 2. The Balaban J connectivity index is 1.71. The van der Waals surface area contributed by atoms with Crippen molar-refractivity contribution in [3.05, 3.63) is 65.7 Å². The second-order valence-corrected chi connectivity index (χ2v) is 6.10. The number of aliphatic hydroxyl groups is 1. The van der Waals surface area contributed by atoms with Crippen LogP contribution in [0.25, 0.3) is 12.2 Å². The predicted octanol–water partition coefficient (Wildman–Crippen LogP) is 2.28.